The van der Waals surface area contributed by atoms with Crippen LogP contribution in [0.25, 0.3) is 0 Å². The molecule has 104 valence electrons. The van der Waals surface area contributed by atoms with Crippen LogP contribution in [0.2, 0.25) is 0 Å². The van der Waals surface area contributed by atoms with E-state index in [1.54, 1.807) is 5.56 Å². The Morgan fingerprint density at radius 2 is 1.65 bits per heavy atom. The van der Waals surface area contributed by atoms with E-state index < -0.39 is 0 Å². The molecule has 1 atom stereocenters. The van der Waals surface area contributed by atoms with Crippen molar-refractivity contribution in [1.82, 2.24) is 4.90 Å². The topological polar surface area (TPSA) is 3.24 Å². The molecule has 0 saturated carbocycles. The molecule has 20 heavy (non-hydrogen) atoms. The van der Waals surface area contributed by atoms with Crippen molar-refractivity contribution < 1.29 is 0 Å². The molecule has 3 rings (SSSR count). The predicted molar refractivity (Wildman–Crippen MR) is 85.2 cm³/mol. The molecular weight excluding hydrogens is 242 g/mol. The maximum absolute atomic E-state index is 2.34. The largest absolute Gasteiger partial charge is 0.309 e. The Bertz CT molecular complexity index is 573. The van der Waals surface area contributed by atoms with Crippen LogP contribution in [0.4, 0.5) is 0 Å². The van der Waals surface area contributed by atoms with Gasteiger partial charge in [0.1, 0.15) is 0 Å². The summed E-state index contributed by atoms with van der Waals surface area (Å²) < 4.78 is 0. The van der Waals surface area contributed by atoms with Crippen LogP contribution in [0, 0.1) is 0 Å². The Balaban J connectivity index is 2.06. The first-order valence-corrected chi connectivity index (χ1v) is 7.51. The Kier molecular flexibility index (Phi) is 3.62. The molecule has 2 aromatic rings. The van der Waals surface area contributed by atoms with E-state index in [0.29, 0.717) is 0 Å². The van der Waals surface area contributed by atoms with Crippen molar-refractivity contribution >= 4 is 0 Å². The van der Waals surface area contributed by atoms with Crippen molar-refractivity contribution in [3.8, 4) is 0 Å². The predicted octanol–water partition coefficient (Wildman–Crippen LogP) is 3.87. The molecular formula is C19H23N. The molecule has 1 aliphatic rings. The quantitative estimate of drug-likeness (QED) is 0.811. The second-order valence-electron chi connectivity index (χ2n) is 6.16. The minimum atomic E-state index is 0.210. The maximum Gasteiger partial charge on any atom is 0.0220 e. The van der Waals surface area contributed by atoms with Crippen molar-refractivity contribution in [2.24, 2.45) is 0 Å². The van der Waals surface area contributed by atoms with E-state index in [9.17, 15) is 0 Å². The van der Waals surface area contributed by atoms with Crippen LogP contribution in [0.3, 0.4) is 0 Å². The molecule has 0 N–H and O–H groups in total. The van der Waals surface area contributed by atoms with E-state index in [4.69, 9.17) is 0 Å². The van der Waals surface area contributed by atoms with Gasteiger partial charge in [-0.15, -0.1) is 0 Å². The van der Waals surface area contributed by atoms with Gasteiger partial charge < -0.3 is 4.90 Å². The Morgan fingerprint density at radius 3 is 2.40 bits per heavy atom. The van der Waals surface area contributed by atoms with Crippen molar-refractivity contribution in [2.45, 2.75) is 24.7 Å². The second kappa shape index (κ2) is 5.41. The molecule has 0 aromatic heterocycles. The van der Waals surface area contributed by atoms with Crippen LogP contribution in [0.5, 0.6) is 0 Å². The third-order valence-electron chi connectivity index (χ3n) is 4.67. The molecule has 0 aliphatic heterocycles. The molecule has 1 aliphatic carbocycles. The lowest BCUT2D eigenvalue weighted by atomic mass is 9.73. The van der Waals surface area contributed by atoms with E-state index in [0.717, 1.165) is 6.54 Å². The standard InChI is InChI=1S/C19H23N/c1-20(2)15-14-19(17-9-4-3-5-10-17)13-12-16-8-6-7-11-18(16)19/h3-11H,12-15H2,1-2H3/t19-/m1/s1. The fourth-order valence-electron chi connectivity index (χ4n) is 3.56. The molecule has 0 amide bonds. The zero-order chi connectivity index (χ0) is 14.0. The number of rotatable bonds is 4. The highest BCUT2D eigenvalue weighted by molar-refractivity contribution is 5.47. The summed E-state index contributed by atoms with van der Waals surface area (Å²) in [6, 6.07) is 20.1. The first-order chi connectivity index (χ1) is 9.72. The summed E-state index contributed by atoms with van der Waals surface area (Å²) in [6.45, 7) is 1.13. The first kappa shape index (κ1) is 13.4. The van der Waals surface area contributed by atoms with Gasteiger partial charge >= 0.3 is 0 Å². The number of benzene rings is 2. The summed E-state index contributed by atoms with van der Waals surface area (Å²) in [5.41, 5.74) is 4.78. The molecule has 0 radical (unpaired) electrons. The van der Waals surface area contributed by atoms with Crippen molar-refractivity contribution in [1.29, 1.82) is 0 Å². The summed E-state index contributed by atoms with van der Waals surface area (Å²) in [6.07, 6.45) is 3.64. The van der Waals surface area contributed by atoms with Gasteiger partial charge in [0.2, 0.25) is 0 Å². The average Bonchev–Trinajstić information content (AvgIpc) is 2.86. The lowest BCUT2D eigenvalue weighted by Crippen LogP contribution is -2.29. The fraction of sp³-hybridized carbons (Fsp3) is 0.368. The van der Waals surface area contributed by atoms with Crippen LogP contribution in [0.1, 0.15) is 29.5 Å². The van der Waals surface area contributed by atoms with Crippen LogP contribution >= 0.6 is 0 Å². The van der Waals surface area contributed by atoms with Crippen molar-refractivity contribution in [2.75, 3.05) is 20.6 Å². The van der Waals surface area contributed by atoms with Gasteiger partial charge in [-0.1, -0.05) is 54.6 Å². The van der Waals surface area contributed by atoms with Crippen LogP contribution in [-0.4, -0.2) is 25.5 Å². The number of hydrogen-bond acceptors (Lipinski definition) is 1. The van der Waals surface area contributed by atoms with Crippen LogP contribution in [0.15, 0.2) is 54.6 Å². The number of hydrogen-bond donors (Lipinski definition) is 0. The highest BCUT2D eigenvalue weighted by atomic mass is 15.0. The lowest BCUT2D eigenvalue weighted by molar-refractivity contribution is 0.342. The Labute approximate surface area is 122 Å². The van der Waals surface area contributed by atoms with E-state index in [1.165, 1.54) is 30.4 Å². The van der Waals surface area contributed by atoms with Gasteiger partial charge in [0.15, 0.2) is 0 Å². The molecule has 2 aromatic carbocycles. The van der Waals surface area contributed by atoms with Crippen LogP contribution in [-0.2, 0) is 11.8 Å². The normalized spacial score (nSPS) is 21.1. The van der Waals surface area contributed by atoms with E-state index in [1.807, 2.05) is 0 Å². The van der Waals surface area contributed by atoms with E-state index >= 15 is 0 Å². The van der Waals surface area contributed by atoms with Crippen LogP contribution < -0.4 is 0 Å². The highest BCUT2D eigenvalue weighted by Gasteiger charge is 2.39. The van der Waals surface area contributed by atoms with Gasteiger partial charge in [-0.2, -0.15) is 0 Å². The van der Waals surface area contributed by atoms with Gasteiger partial charge in [0, 0.05) is 5.41 Å². The zero-order valence-corrected chi connectivity index (χ0v) is 12.5. The summed E-state index contributed by atoms with van der Waals surface area (Å²) in [7, 11) is 4.33. The first-order valence-electron chi connectivity index (χ1n) is 7.51. The molecule has 1 nitrogen and oxygen atoms in total. The highest BCUT2D eigenvalue weighted by Crippen LogP contribution is 2.46. The number of fused-ring (bicyclic) bond motifs is 1. The smallest absolute Gasteiger partial charge is 0.0220 e. The Morgan fingerprint density at radius 1 is 0.950 bits per heavy atom. The summed E-state index contributed by atoms with van der Waals surface area (Å²) >= 11 is 0. The molecule has 0 bridgehead atoms. The van der Waals surface area contributed by atoms with E-state index in [2.05, 4.69) is 73.6 Å². The summed E-state index contributed by atoms with van der Waals surface area (Å²) in [5, 5.41) is 0. The number of nitrogens with zero attached hydrogens (tertiary/aromatic N) is 1. The van der Waals surface area contributed by atoms with Gasteiger partial charge in [-0.3, -0.25) is 0 Å². The SMILES string of the molecule is CN(C)CC[C@@]1(c2ccccc2)CCc2ccccc21. The zero-order valence-electron chi connectivity index (χ0n) is 12.5. The molecule has 0 heterocycles. The molecule has 0 spiro atoms. The minimum absolute atomic E-state index is 0.210. The van der Waals surface area contributed by atoms with Gasteiger partial charge in [-0.25, -0.2) is 0 Å². The Hall–Kier alpha value is -1.60. The third kappa shape index (κ3) is 2.27. The minimum Gasteiger partial charge on any atom is -0.309 e. The lowest BCUT2D eigenvalue weighted by Gasteiger charge is -2.32. The second-order valence-corrected chi connectivity index (χ2v) is 6.16. The molecule has 0 fully saturated rings. The molecule has 0 saturated heterocycles. The molecule has 0 unspecified atom stereocenters. The van der Waals surface area contributed by atoms with Gasteiger partial charge in [0.05, 0.1) is 0 Å². The fourth-order valence-corrected chi connectivity index (χ4v) is 3.56. The number of aryl methyl sites for hydroxylation is 1. The summed E-state index contributed by atoms with van der Waals surface area (Å²) in [5.74, 6) is 0. The van der Waals surface area contributed by atoms with Gasteiger partial charge in [-0.05, 0) is 56.6 Å². The summed E-state index contributed by atoms with van der Waals surface area (Å²) in [4.78, 5) is 2.30. The third-order valence-corrected chi connectivity index (χ3v) is 4.67. The van der Waals surface area contributed by atoms with Gasteiger partial charge in [0.25, 0.3) is 0 Å². The average molecular weight is 265 g/mol. The monoisotopic (exact) mass is 265 g/mol. The van der Waals surface area contributed by atoms with E-state index in [-0.39, 0.29) is 5.41 Å². The van der Waals surface area contributed by atoms with Crippen molar-refractivity contribution in [3.63, 3.8) is 0 Å². The molecule has 1 heteroatoms. The van der Waals surface area contributed by atoms with Crippen molar-refractivity contribution in [3.05, 3.63) is 71.3 Å². The maximum atomic E-state index is 2.34.